The molecular weight excluding hydrogens is 1330 g/mol. The first-order valence-electron chi connectivity index (χ1n) is 36.6. The van der Waals surface area contributed by atoms with Crippen molar-refractivity contribution >= 4 is 155 Å². The molecule has 0 bridgehead atoms. The van der Waals surface area contributed by atoms with E-state index in [1.807, 2.05) is 140 Å². The molecule has 0 atom stereocenters. The van der Waals surface area contributed by atoms with Crippen LogP contribution < -0.4 is 20.9 Å². The Hall–Kier alpha value is -8.48. The second-order valence-electron chi connectivity index (χ2n) is 31.6. The molecular formula is C84H93BrN8O8. The highest BCUT2D eigenvalue weighted by Crippen LogP contribution is 2.53. The van der Waals surface area contributed by atoms with Crippen molar-refractivity contribution in [2.45, 2.75) is 135 Å². The van der Waals surface area contributed by atoms with Gasteiger partial charge >= 0.3 is 0 Å². The van der Waals surface area contributed by atoms with Crippen LogP contribution in [0, 0.1) is 47.3 Å². The van der Waals surface area contributed by atoms with Crippen LogP contribution in [0.2, 0.25) is 0 Å². The second kappa shape index (κ2) is 26.1. The summed E-state index contributed by atoms with van der Waals surface area (Å²) in [5.74, 6) is -1.28. The predicted molar refractivity (Wildman–Crippen MR) is 410 cm³/mol. The highest BCUT2D eigenvalue weighted by molar-refractivity contribution is 9.10. The Bertz CT molecular complexity index is 5090. The molecule has 101 heavy (non-hydrogen) atoms. The van der Waals surface area contributed by atoms with Crippen LogP contribution in [-0.4, -0.2) is 143 Å². The van der Waals surface area contributed by atoms with Crippen LogP contribution in [0.15, 0.2) is 89.4 Å². The maximum absolute atomic E-state index is 14.6. The van der Waals surface area contributed by atoms with Gasteiger partial charge in [0.1, 0.15) is 0 Å². The van der Waals surface area contributed by atoms with Gasteiger partial charge in [0.25, 0.3) is 47.3 Å². The molecule has 6 aliphatic rings. The minimum absolute atomic E-state index is 0.0918. The normalized spacial score (nSPS) is 16.9. The lowest BCUT2D eigenvalue weighted by Crippen LogP contribution is -2.51. The van der Waals surface area contributed by atoms with Crippen LogP contribution in [0.1, 0.15) is 194 Å². The minimum atomic E-state index is -0.276. The molecule has 0 spiro atoms. The van der Waals surface area contributed by atoms with Crippen molar-refractivity contribution in [1.29, 1.82) is 0 Å². The molecule has 17 heteroatoms. The number of hydrogen-bond acceptors (Lipinski definition) is 12. The number of benzene rings is 10. The fraction of sp³-hybridized carbons (Fsp3) is 0.429. The minimum Gasteiger partial charge on any atom is -0.368 e. The smallest absolute Gasteiger partial charge is 0.261 e. The SMILES string of the molecule is C1CNCCN1.CC(C)C(C(C)C)N1C(=O)c2ccc3c4ccc5c6c(cc(Br)c(c7ccc(c2c37)C1=O)c64)C(=O)N(C(C(C)C)C(C)C)C5=O.CC(C)C(C(C)C)N1C(=O)c2ccc3c4ccc5c6c(cc(N7CCNCC7)c(c7ccc(c2c37)C1=O)c64)C(=O)N(C(C(C)C)C(C)C)C5=O. The topological polar surface area (TPSA) is 189 Å². The van der Waals surface area contributed by atoms with Crippen LogP contribution >= 0.6 is 15.9 Å². The van der Waals surface area contributed by atoms with Gasteiger partial charge in [-0.15, -0.1) is 0 Å². The molecule has 0 unspecified atom stereocenters. The Kier molecular flexibility index (Phi) is 18.0. The summed E-state index contributed by atoms with van der Waals surface area (Å²) in [6, 6.07) is 26.0. The van der Waals surface area contributed by atoms with Crippen molar-refractivity contribution in [2.75, 3.05) is 57.3 Å². The van der Waals surface area contributed by atoms with Gasteiger partial charge in [-0.05, 0) is 139 Å². The van der Waals surface area contributed by atoms with Gasteiger partial charge in [-0.25, -0.2) is 0 Å². The monoisotopic (exact) mass is 1420 g/mol. The number of carbonyl (C=O) groups excluding carboxylic acids is 8. The molecule has 10 aromatic rings. The molecule has 16 rings (SSSR count). The largest absolute Gasteiger partial charge is 0.368 e. The van der Waals surface area contributed by atoms with E-state index in [0.717, 1.165) is 127 Å². The Balaban J connectivity index is 0.000000159. The molecule has 2 saturated heterocycles. The Morgan fingerprint density at radius 2 is 0.505 bits per heavy atom. The zero-order valence-electron chi connectivity index (χ0n) is 61.0. The molecule has 6 aliphatic heterocycles. The molecule has 0 aliphatic carbocycles. The molecule has 524 valence electrons. The van der Waals surface area contributed by atoms with Crippen LogP contribution in [0.3, 0.4) is 0 Å². The summed E-state index contributed by atoms with van der Waals surface area (Å²) in [6.45, 7) is 40.6. The van der Waals surface area contributed by atoms with E-state index in [1.54, 1.807) is 0 Å². The van der Waals surface area contributed by atoms with E-state index in [1.165, 1.54) is 19.6 Å². The highest BCUT2D eigenvalue weighted by Gasteiger charge is 2.47. The number of hydrogen-bond donors (Lipinski definition) is 3. The lowest BCUT2D eigenvalue weighted by Gasteiger charge is -2.40. The number of nitrogens with one attached hydrogen (secondary N) is 3. The van der Waals surface area contributed by atoms with Crippen LogP contribution in [0.5, 0.6) is 0 Å². The standard InChI is InChI=1S/C42H46N4O4.C38H37BrN2O4.C4H10N2/c1-20(2)37(21(3)4)45-39(47)27-12-9-24-25-10-13-29-34-30(42(50)46(41(29)49)38(22(5)6)23(7)8)19-31(44-17-15-43-16-18-44)35(36(25)34)26-11-14-28(40(45)48)33(27)32(24)26;1-16(2)33(17(3)4)40-35(42)23-12-9-20-21-10-13-25-30-26(38(45)41(37(25)44)34(18(5)6)19(7)8)15-27(39)31(32(21)30)22-11-14-24(36(40)43)29(23)28(20)22;1-2-6-4-3-5-1/h9-14,19-23,37-38,43H,15-18H2,1-8H3;9-19,33-34H,1-8H3;5-6H,1-4H2. The summed E-state index contributed by atoms with van der Waals surface area (Å²) in [5.41, 5.74) is 5.20. The van der Waals surface area contributed by atoms with E-state index in [9.17, 15) is 38.4 Å². The van der Waals surface area contributed by atoms with Crippen LogP contribution in [-0.2, 0) is 0 Å². The number of fused-ring (bicyclic) bond motifs is 4. The van der Waals surface area contributed by atoms with Gasteiger partial charge in [0.15, 0.2) is 0 Å². The molecule has 16 nitrogen and oxygen atoms in total. The van der Waals surface area contributed by atoms with Crippen molar-refractivity contribution in [3.63, 3.8) is 0 Å². The average molecular weight is 1420 g/mol. The van der Waals surface area contributed by atoms with E-state index in [4.69, 9.17) is 0 Å². The maximum atomic E-state index is 14.6. The zero-order chi connectivity index (χ0) is 72.1. The third-order valence-electron chi connectivity index (χ3n) is 22.6. The van der Waals surface area contributed by atoms with Gasteiger partial charge in [0.05, 0.1) is 5.56 Å². The zero-order valence-corrected chi connectivity index (χ0v) is 62.6. The summed E-state index contributed by atoms with van der Waals surface area (Å²) in [7, 11) is 0. The quantitative estimate of drug-likeness (QED) is 0.0564. The lowest BCUT2D eigenvalue weighted by atomic mass is 9.80. The number of piperazine rings is 2. The van der Waals surface area contributed by atoms with E-state index < -0.39 is 0 Å². The number of carbonyl (C=O) groups is 8. The highest BCUT2D eigenvalue weighted by atomic mass is 79.9. The molecule has 0 aromatic heterocycles. The number of amides is 8. The number of rotatable bonds is 13. The van der Waals surface area contributed by atoms with E-state index in [2.05, 4.69) is 92.2 Å². The molecule has 10 aromatic carbocycles. The fourth-order valence-corrected chi connectivity index (χ4v) is 19.7. The fourth-order valence-electron chi connectivity index (χ4n) is 19.0. The van der Waals surface area contributed by atoms with Gasteiger partial charge < -0.3 is 20.9 Å². The van der Waals surface area contributed by atoms with Crippen LogP contribution in [0.4, 0.5) is 5.69 Å². The lowest BCUT2D eigenvalue weighted by molar-refractivity contribution is 0.0423. The molecule has 0 radical (unpaired) electrons. The van der Waals surface area contributed by atoms with Crippen molar-refractivity contribution in [2.24, 2.45) is 47.3 Å². The second-order valence-corrected chi connectivity index (χ2v) is 32.5. The van der Waals surface area contributed by atoms with Gasteiger partial charge in [0, 0.05) is 169 Å². The Labute approximate surface area is 599 Å². The number of halogens is 1. The van der Waals surface area contributed by atoms with E-state index >= 15 is 0 Å². The van der Waals surface area contributed by atoms with Crippen molar-refractivity contribution in [3.8, 4) is 0 Å². The summed E-state index contributed by atoms with van der Waals surface area (Å²) < 4.78 is 0.734. The predicted octanol–water partition coefficient (Wildman–Crippen LogP) is 15.9. The van der Waals surface area contributed by atoms with Crippen molar-refractivity contribution < 1.29 is 38.4 Å². The first kappa shape index (κ1) is 69.6. The van der Waals surface area contributed by atoms with Gasteiger partial charge in [0.2, 0.25) is 0 Å². The Morgan fingerprint density at radius 1 is 0.267 bits per heavy atom. The number of nitrogens with zero attached hydrogens (tertiary/aromatic N) is 5. The summed E-state index contributed by atoms with van der Waals surface area (Å²) in [6.07, 6.45) is 0. The van der Waals surface area contributed by atoms with E-state index in [0.29, 0.717) is 66.1 Å². The third kappa shape index (κ3) is 10.6. The van der Waals surface area contributed by atoms with E-state index in [-0.39, 0.29) is 119 Å². The molecule has 8 amide bonds. The van der Waals surface area contributed by atoms with Gasteiger partial charge in [-0.2, -0.15) is 0 Å². The van der Waals surface area contributed by atoms with Crippen molar-refractivity contribution in [1.82, 2.24) is 35.6 Å². The van der Waals surface area contributed by atoms with Gasteiger partial charge in [-0.1, -0.05) is 163 Å². The molecule has 0 saturated carbocycles. The van der Waals surface area contributed by atoms with Gasteiger partial charge in [-0.3, -0.25) is 58.0 Å². The summed E-state index contributed by atoms with van der Waals surface area (Å²) in [5, 5.41) is 23.3. The maximum Gasteiger partial charge on any atom is 0.261 e. The third-order valence-corrected chi connectivity index (χ3v) is 23.2. The Morgan fingerprint density at radius 3 is 0.802 bits per heavy atom. The number of imide groups is 4. The van der Waals surface area contributed by atoms with Crippen molar-refractivity contribution in [3.05, 3.63) is 134 Å². The summed E-state index contributed by atoms with van der Waals surface area (Å²) >= 11 is 3.81. The first-order valence-corrected chi connectivity index (χ1v) is 37.4. The molecule has 3 N–H and O–H groups in total. The average Bonchev–Trinajstić information content (AvgIpc) is 0.689. The summed E-state index contributed by atoms with van der Waals surface area (Å²) in [4.78, 5) is 123. The first-order chi connectivity index (χ1) is 48.1. The number of anilines is 1. The molecule has 6 heterocycles. The van der Waals surface area contributed by atoms with Crippen LogP contribution in [0.25, 0.3) is 86.2 Å². The molecule has 2 fully saturated rings.